The van der Waals surface area contributed by atoms with E-state index in [0.717, 1.165) is 17.7 Å². The Hall–Kier alpha value is -2.64. The summed E-state index contributed by atoms with van der Waals surface area (Å²) in [7, 11) is 0. The van der Waals surface area contributed by atoms with E-state index < -0.39 is 17.9 Å². The van der Waals surface area contributed by atoms with Gasteiger partial charge in [0.05, 0.1) is 5.69 Å². The molecule has 1 aromatic carbocycles. The number of imide groups is 1. The van der Waals surface area contributed by atoms with Gasteiger partial charge in [-0.25, -0.2) is 9.18 Å². The van der Waals surface area contributed by atoms with E-state index in [0.29, 0.717) is 18.8 Å². The number of carbonyl (C=O) groups is 3. The number of carbonyl (C=O) groups excluding carboxylic acids is 3. The molecule has 0 radical (unpaired) electrons. The fourth-order valence-electron chi connectivity index (χ4n) is 2.52. The van der Waals surface area contributed by atoms with Gasteiger partial charge in [-0.2, -0.15) is 0 Å². The van der Waals surface area contributed by atoms with Crippen molar-refractivity contribution < 1.29 is 18.8 Å². The van der Waals surface area contributed by atoms with Gasteiger partial charge in [-0.3, -0.25) is 14.5 Å². The second-order valence-electron chi connectivity index (χ2n) is 6.05. The van der Waals surface area contributed by atoms with E-state index in [1.165, 1.54) is 18.2 Å². The molecule has 0 spiro atoms. The van der Waals surface area contributed by atoms with Gasteiger partial charge in [-0.1, -0.05) is 0 Å². The molecule has 1 heterocycles. The molecule has 0 bridgehead atoms. The molecule has 1 aliphatic heterocycles. The van der Waals surface area contributed by atoms with Crippen LogP contribution in [0.25, 0.3) is 0 Å². The normalized spacial score (nSPS) is 18.1. The maximum Gasteiger partial charge on any atom is 0.324 e. The molecule has 2 aliphatic rings. The van der Waals surface area contributed by atoms with Crippen molar-refractivity contribution in [2.45, 2.75) is 25.8 Å². The van der Waals surface area contributed by atoms with E-state index in [1.807, 2.05) is 0 Å². The van der Waals surface area contributed by atoms with E-state index in [1.54, 1.807) is 6.92 Å². The lowest BCUT2D eigenvalue weighted by Crippen LogP contribution is -2.43. The number of nitrogens with zero attached hydrogens (tertiary/aromatic N) is 1. The summed E-state index contributed by atoms with van der Waals surface area (Å²) < 4.78 is 13.8. The summed E-state index contributed by atoms with van der Waals surface area (Å²) in [6.45, 7) is 2.39. The highest BCUT2D eigenvalue weighted by molar-refractivity contribution is 5.99. The van der Waals surface area contributed by atoms with Crippen LogP contribution in [0.1, 0.15) is 19.8 Å². The molecular formula is C16H19FN4O3. The zero-order chi connectivity index (χ0) is 17.3. The van der Waals surface area contributed by atoms with Crippen LogP contribution in [0.5, 0.6) is 0 Å². The number of anilines is 2. The molecule has 0 unspecified atom stereocenters. The molecule has 2 fully saturated rings. The van der Waals surface area contributed by atoms with Crippen molar-refractivity contribution in [3.63, 3.8) is 0 Å². The Balaban J connectivity index is 1.66. The van der Waals surface area contributed by atoms with Gasteiger partial charge < -0.3 is 16.0 Å². The Kier molecular flexibility index (Phi) is 4.37. The summed E-state index contributed by atoms with van der Waals surface area (Å²) in [6, 6.07) is 3.08. The average molecular weight is 334 g/mol. The van der Waals surface area contributed by atoms with Crippen molar-refractivity contribution in [1.29, 1.82) is 0 Å². The first kappa shape index (κ1) is 16.2. The van der Waals surface area contributed by atoms with Crippen LogP contribution in [-0.2, 0) is 9.59 Å². The summed E-state index contributed by atoms with van der Waals surface area (Å²) in [5.74, 6) is -1.12. The number of urea groups is 1. The van der Waals surface area contributed by atoms with Crippen molar-refractivity contribution in [1.82, 2.24) is 10.2 Å². The summed E-state index contributed by atoms with van der Waals surface area (Å²) >= 11 is 0. The predicted molar refractivity (Wildman–Crippen MR) is 86.0 cm³/mol. The van der Waals surface area contributed by atoms with Crippen LogP contribution in [0, 0.1) is 11.7 Å². The van der Waals surface area contributed by atoms with Crippen LogP contribution in [0.4, 0.5) is 20.6 Å². The van der Waals surface area contributed by atoms with Crippen LogP contribution < -0.4 is 16.0 Å². The average Bonchev–Trinajstić information content (AvgIpc) is 3.32. The molecule has 7 nitrogen and oxygen atoms in total. The number of hydrogen-bond acceptors (Lipinski definition) is 4. The Morgan fingerprint density at radius 1 is 1.38 bits per heavy atom. The van der Waals surface area contributed by atoms with Gasteiger partial charge in [-0.15, -0.1) is 0 Å². The summed E-state index contributed by atoms with van der Waals surface area (Å²) in [4.78, 5) is 36.7. The first-order valence-electron chi connectivity index (χ1n) is 7.92. The molecule has 8 heteroatoms. The number of nitrogens with one attached hydrogen (secondary N) is 3. The zero-order valence-electron chi connectivity index (χ0n) is 13.3. The van der Waals surface area contributed by atoms with Gasteiger partial charge in [-0.05, 0) is 38.0 Å². The molecule has 1 saturated heterocycles. The number of benzene rings is 1. The number of rotatable bonds is 5. The largest absolute Gasteiger partial charge is 0.374 e. The topological polar surface area (TPSA) is 90.5 Å². The Morgan fingerprint density at radius 3 is 2.75 bits per heavy atom. The van der Waals surface area contributed by atoms with E-state index in [4.69, 9.17) is 0 Å². The molecule has 3 N–H and O–H groups in total. The van der Waals surface area contributed by atoms with Crippen molar-refractivity contribution in [3.05, 3.63) is 24.0 Å². The highest BCUT2D eigenvalue weighted by Crippen LogP contribution is 2.31. The Morgan fingerprint density at radius 2 is 2.12 bits per heavy atom. The molecule has 0 aromatic heterocycles. The minimum absolute atomic E-state index is 0.0322. The van der Waals surface area contributed by atoms with Crippen molar-refractivity contribution in [2.75, 3.05) is 23.7 Å². The van der Waals surface area contributed by atoms with Gasteiger partial charge in [0.25, 0.3) is 5.91 Å². The number of hydrogen-bond donors (Lipinski definition) is 3. The summed E-state index contributed by atoms with van der Waals surface area (Å²) in [6.07, 6.45) is 1.66. The lowest BCUT2D eigenvalue weighted by molar-refractivity contribution is -0.128. The fraction of sp³-hybridized carbons (Fsp3) is 0.438. The molecule has 1 aromatic rings. The van der Waals surface area contributed by atoms with Crippen molar-refractivity contribution >= 4 is 29.2 Å². The van der Waals surface area contributed by atoms with Gasteiger partial charge in [0.2, 0.25) is 5.91 Å². The van der Waals surface area contributed by atoms with E-state index >= 15 is 0 Å². The third-order valence-corrected chi connectivity index (χ3v) is 4.05. The van der Waals surface area contributed by atoms with E-state index in [-0.39, 0.29) is 23.4 Å². The second kappa shape index (κ2) is 6.46. The third-order valence-electron chi connectivity index (χ3n) is 4.05. The molecular weight excluding hydrogens is 315 g/mol. The Labute approximate surface area is 138 Å². The first-order valence-corrected chi connectivity index (χ1v) is 7.92. The van der Waals surface area contributed by atoms with Crippen LogP contribution >= 0.6 is 0 Å². The van der Waals surface area contributed by atoms with Crippen LogP contribution in [0.3, 0.4) is 0 Å². The van der Waals surface area contributed by atoms with Crippen LogP contribution in [-0.4, -0.2) is 41.9 Å². The predicted octanol–water partition coefficient (Wildman–Crippen LogP) is 1.53. The van der Waals surface area contributed by atoms with E-state index in [9.17, 15) is 18.8 Å². The quantitative estimate of drug-likeness (QED) is 0.762. The lowest BCUT2D eigenvalue weighted by Gasteiger charge is -2.20. The minimum Gasteiger partial charge on any atom is -0.374 e. The van der Waals surface area contributed by atoms with Crippen LogP contribution in [0.2, 0.25) is 0 Å². The van der Waals surface area contributed by atoms with Crippen molar-refractivity contribution in [2.24, 2.45) is 5.92 Å². The standard InChI is InChI=1S/C16H19FN4O3/c1-9(15(23)21-7-6-18-16(21)24)19-11-4-5-12(17)13(8-11)20-14(22)10-2-3-10/h4-5,8-10,19H,2-3,6-7H2,1H3,(H,18,24)(H,20,22)/t9-/m1/s1. The van der Waals surface area contributed by atoms with Gasteiger partial charge in [0.1, 0.15) is 11.9 Å². The molecule has 1 aliphatic carbocycles. The molecule has 1 saturated carbocycles. The fourth-order valence-corrected chi connectivity index (χ4v) is 2.52. The third kappa shape index (κ3) is 3.47. The van der Waals surface area contributed by atoms with Crippen molar-refractivity contribution in [3.8, 4) is 0 Å². The highest BCUT2D eigenvalue weighted by Gasteiger charge is 2.31. The van der Waals surface area contributed by atoms with Gasteiger partial charge in [0, 0.05) is 24.7 Å². The summed E-state index contributed by atoms with van der Waals surface area (Å²) in [5, 5.41) is 8.06. The molecule has 1 atom stereocenters. The minimum atomic E-state index is -0.661. The maximum absolute atomic E-state index is 13.8. The first-order chi connectivity index (χ1) is 11.5. The smallest absolute Gasteiger partial charge is 0.324 e. The number of halogens is 1. The summed E-state index contributed by atoms with van der Waals surface area (Å²) in [5.41, 5.74) is 0.568. The molecule has 128 valence electrons. The number of amides is 4. The lowest BCUT2D eigenvalue weighted by atomic mass is 10.2. The molecule has 3 rings (SSSR count). The SMILES string of the molecule is C[C@@H](Nc1ccc(F)c(NC(=O)C2CC2)c1)C(=O)N1CCNC1=O. The van der Waals surface area contributed by atoms with Crippen LogP contribution in [0.15, 0.2) is 18.2 Å². The second-order valence-corrected chi connectivity index (χ2v) is 6.05. The van der Waals surface area contributed by atoms with E-state index in [2.05, 4.69) is 16.0 Å². The zero-order valence-corrected chi connectivity index (χ0v) is 13.3. The monoisotopic (exact) mass is 334 g/mol. The maximum atomic E-state index is 13.8. The van der Waals surface area contributed by atoms with Gasteiger partial charge >= 0.3 is 6.03 Å². The van der Waals surface area contributed by atoms with Gasteiger partial charge in [0.15, 0.2) is 0 Å². The molecule has 24 heavy (non-hydrogen) atoms. The molecule has 4 amide bonds. The Bertz CT molecular complexity index is 690. The highest BCUT2D eigenvalue weighted by atomic mass is 19.1.